The van der Waals surface area contributed by atoms with E-state index in [2.05, 4.69) is 11.6 Å². The van der Waals surface area contributed by atoms with E-state index in [4.69, 9.17) is 0 Å². The van der Waals surface area contributed by atoms with Crippen LogP contribution < -0.4 is 4.13 Å². The minimum Gasteiger partial charge on any atom is -0.314 e. The van der Waals surface area contributed by atoms with Crippen molar-refractivity contribution in [2.24, 2.45) is 0 Å². The number of imidazole rings is 1. The Morgan fingerprint density at radius 1 is 1.00 bits per heavy atom. The van der Waals surface area contributed by atoms with Crippen LogP contribution in [0.4, 0.5) is 26.3 Å². The zero-order chi connectivity index (χ0) is 17.8. The summed E-state index contributed by atoms with van der Waals surface area (Å²) in [5, 5.41) is 0. The molecule has 0 spiro atoms. The van der Waals surface area contributed by atoms with Crippen molar-refractivity contribution in [1.82, 2.24) is 13.7 Å². The highest BCUT2D eigenvalue weighted by atomic mass is 32.3. The number of alkyl halides is 6. The first kappa shape index (κ1) is 20.4. The molecule has 0 aromatic carbocycles. The van der Waals surface area contributed by atoms with Gasteiger partial charge in [-0.3, -0.25) is 0 Å². The summed E-state index contributed by atoms with van der Waals surface area (Å²) in [6.07, 6.45) is 6.91. The number of sulfonamides is 2. The number of rotatable bonds is 3. The van der Waals surface area contributed by atoms with Gasteiger partial charge in [0, 0.05) is 18.6 Å². The van der Waals surface area contributed by atoms with Gasteiger partial charge in [-0.25, -0.2) is 21.8 Å². The van der Waals surface area contributed by atoms with Gasteiger partial charge in [0.05, 0.1) is 6.33 Å². The molecular formula is C7H7F6N3O4S2. The minimum atomic E-state index is -6.60. The molecule has 15 heteroatoms. The first-order chi connectivity index (χ1) is 9.64. The second-order valence-electron chi connectivity index (χ2n) is 3.17. The molecule has 22 heavy (non-hydrogen) atoms. The monoisotopic (exact) mass is 375 g/mol. The highest BCUT2D eigenvalue weighted by molar-refractivity contribution is 8.05. The van der Waals surface area contributed by atoms with Crippen LogP contribution in [-0.2, 0) is 20.0 Å². The molecule has 0 saturated heterocycles. The van der Waals surface area contributed by atoms with Gasteiger partial charge >= 0.3 is 31.1 Å². The topological polar surface area (TPSA) is 98.1 Å². The quantitative estimate of drug-likeness (QED) is 0.802. The highest BCUT2D eigenvalue weighted by Crippen LogP contribution is 2.27. The Hall–Kier alpha value is -1.61. The summed E-state index contributed by atoms with van der Waals surface area (Å²) in [4.78, 5) is 3.78. The molecule has 0 fully saturated rings. The zero-order valence-electron chi connectivity index (χ0n) is 10.1. The van der Waals surface area contributed by atoms with Gasteiger partial charge in [-0.2, -0.15) is 26.3 Å². The van der Waals surface area contributed by atoms with Crippen molar-refractivity contribution in [3.05, 3.63) is 25.3 Å². The Kier molecular flexibility index (Phi) is 6.17. The first-order valence-corrected chi connectivity index (χ1v) is 7.62. The molecule has 7 nitrogen and oxygen atoms in total. The van der Waals surface area contributed by atoms with E-state index >= 15 is 0 Å². The lowest BCUT2D eigenvalue weighted by Crippen LogP contribution is -2.45. The van der Waals surface area contributed by atoms with Crippen LogP contribution in [0.25, 0.3) is 6.20 Å². The number of nitrogens with one attached hydrogen (secondary N) is 1. The predicted molar refractivity (Wildman–Crippen MR) is 61.7 cm³/mol. The molecule has 1 aromatic rings. The van der Waals surface area contributed by atoms with Gasteiger partial charge in [0.15, 0.2) is 0 Å². The Labute approximate surface area is 120 Å². The van der Waals surface area contributed by atoms with E-state index in [-0.39, 0.29) is 0 Å². The van der Waals surface area contributed by atoms with E-state index in [1.165, 1.54) is 0 Å². The average Bonchev–Trinajstić information content (AvgIpc) is 2.77. The van der Waals surface area contributed by atoms with E-state index in [0.29, 0.717) is 0 Å². The molecule has 0 radical (unpaired) electrons. The van der Waals surface area contributed by atoms with Crippen molar-refractivity contribution in [1.29, 1.82) is 0 Å². The summed E-state index contributed by atoms with van der Waals surface area (Å²) >= 11 is 0. The molecule has 1 aromatic heterocycles. The van der Waals surface area contributed by atoms with Crippen LogP contribution in [-0.4, -0.2) is 37.4 Å². The zero-order valence-corrected chi connectivity index (χ0v) is 11.8. The van der Waals surface area contributed by atoms with Gasteiger partial charge in [0.2, 0.25) is 0 Å². The molecule has 128 valence electrons. The smallest absolute Gasteiger partial charge is 0.314 e. The third kappa shape index (κ3) is 5.64. The Morgan fingerprint density at radius 3 is 1.59 bits per heavy atom. The second-order valence-corrected chi connectivity index (χ2v) is 6.78. The van der Waals surface area contributed by atoms with E-state index in [9.17, 15) is 43.2 Å². The van der Waals surface area contributed by atoms with Gasteiger partial charge in [-0.15, -0.1) is 0 Å². The first-order valence-electron chi connectivity index (χ1n) is 4.65. The normalized spacial score (nSPS) is 13.2. The molecule has 1 rings (SSSR count). The summed E-state index contributed by atoms with van der Waals surface area (Å²) < 4.78 is 110. The van der Waals surface area contributed by atoms with Crippen molar-refractivity contribution in [3.63, 3.8) is 0 Å². The fraction of sp³-hybridized carbons (Fsp3) is 0.286. The van der Waals surface area contributed by atoms with Crippen LogP contribution in [0.5, 0.6) is 0 Å². The number of hydrogen-bond donors (Lipinski definition) is 1. The maximum atomic E-state index is 11.5. The van der Waals surface area contributed by atoms with Crippen molar-refractivity contribution >= 4 is 26.2 Å². The molecule has 0 aliphatic carbocycles. The third-order valence-electron chi connectivity index (χ3n) is 1.56. The van der Waals surface area contributed by atoms with E-state index in [1.54, 1.807) is 23.3 Å². The molecular weight excluding hydrogens is 368 g/mol. The Balaban J connectivity index is 0.000000518. The molecule has 0 aliphatic rings. The summed E-state index contributed by atoms with van der Waals surface area (Å²) in [6.45, 7) is 3.53. The number of hydrogen-bond acceptors (Lipinski definition) is 5. The maximum absolute atomic E-state index is 11.5. The van der Waals surface area contributed by atoms with Crippen molar-refractivity contribution < 1.29 is 43.2 Å². The molecule has 1 N–H and O–H groups in total. The minimum absolute atomic E-state index is 0.493. The van der Waals surface area contributed by atoms with Crippen LogP contribution >= 0.6 is 0 Å². The molecule has 0 bridgehead atoms. The van der Waals surface area contributed by atoms with Crippen LogP contribution in [0.15, 0.2) is 25.3 Å². The van der Waals surface area contributed by atoms with Crippen LogP contribution in [0, 0.1) is 0 Å². The summed E-state index contributed by atoms with van der Waals surface area (Å²) in [7, 11) is -13.2. The molecule has 0 saturated carbocycles. The van der Waals surface area contributed by atoms with Crippen LogP contribution in [0.3, 0.4) is 0 Å². The molecule has 0 amide bonds. The maximum Gasteiger partial charge on any atom is 0.512 e. The summed E-state index contributed by atoms with van der Waals surface area (Å²) in [5.74, 6) is 0. The molecule has 0 aliphatic heterocycles. The third-order valence-corrected chi connectivity index (χ3v) is 4.54. The predicted octanol–water partition coefficient (Wildman–Crippen LogP) is 1.26. The van der Waals surface area contributed by atoms with Gasteiger partial charge in [-0.05, 0) is 0 Å². The highest BCUT2D eigenvalue weighted by Gasteiger charge is 2.55. The Bertz CT molecular complexity index is 648. The van der Waals surface area contributed by atoms with Crippen molar-refractivity contribution in [3.8, 4) is 0 Å². The van der Waals surface area contributed by atoms with Gasteiger partial charge in [0.1, 0.15) is 0 Å². The number of aromatic nitrogens is 2. The second kappa shape index (κ2) is 6.66. The summed E-state index contributed by atoms with van der Waals surface area (Å²) in [6, 6.07) is 0. The molecule has 0 unspecified atom stereocenters. The number of nitrogens with zero attached hydrogens (tertiary/aromatic N) is 2. The van der Waals surface area contributed by atoms with Gasteiger partial charge in [0.25, 0.3) is 0 Å². The lowest BCUT2D eigenvalue weighted by atomic mass is 10.9. The largest absolute Gasteiger partial charge is 0.512 e. The van der Waals surface area contributed by atoms with E-state index in [0.717, 1.165) is 0 Å². The van der Waals surface area contributed by atoms with Crippen LogP contribution in [0.1, 0.15) is 0 Å². The SMILES string of the molecule is C=Cn1ccnc1.O=S(=O)(NS(=O)(=O)C(F)(F)F)C(F)(F)F. The van der Waals surface area contributed by atoms with E-state index < -0.39 is 35.2 Å². The fourth-order valence-electron chi connectivity index (χ4n) is 0.616. The van der Waals surface area contributed by atoms with Crippen LogP contribution in [0.2, 0.25) is 0 Å². The van der Waals surface area contributed by atoms with E-state index in [1.807, 2.05) is 6.20 Å². The lowest BCUT2D eigenvalue weighted by molar-refractivity contribution is -0.0476. The molecule has 1 heterocycles. The van der Waals surface area contributed by atoms with Crippen molar-refractivity contribution in [2.75, 3.05) is 0 Å². The van der Waals surface area contributed by atoms with Gasteiger partial charge < -0.3 is 4.57 Å². The number of halogens is 6. The standard InChI is InChI=1S/C5H6N2.C2HF6NO4S2/c1-2-7-4-3-6-5-7;3-1(4,5)14(10,11)9-15(12,13)2(6,7)8/h2-5H,1H2;9H. The molecule has 0 atom stereocenters. The lowest BCUT2D eigenvalue weighted by Gasteiger charge is -2.11. The van der Waals surface area contributed by atoms with Gasteiger partial charge in [-0.1, -0.05) is 10.7 Å². The average molecular weight is 375 g/mol. The summed E-state index contributed by atoms with van der Waals surface area (Å²) in [5.41, 5.74) is -12.3. The van der Waals surface area contributed by atoms with Crippen molar-refractivity contribution in [2.45, 2.75) is 11.0 Å². The Morgan fingerprint density at radius 2 is 1.41 bits per heavy atom. The fourth-order valence-corrected chi connectivity index (χ4v) is 2.53.